The SMILES string of the molecule is CNC(=O)c1ccc(C2=CCN(C(=O)OC(C)(C)C)CC2)c(F)n1. The number of pyridine rings is 1. The number of ether oxygens (including phenoxy) is 1. The smallest absolute Gasteiger partial charge is 0.410 e. The van der Waals surface area contributed by atoms with E-state index in [4.69, 9.17) is 4.74 Å². The van der Waals surface area contributed by atoms with E-state index < -0.39 is 17.5 Å². The van der Waals surface area contributed by atoms with Gasteiger partial charge in [0.05, 0.1) is 0 Å². The van der Waals surface area contributed by atoms with E-state index in [-0.39, 0.29) is 11.8 Å². The number of nitrogens with zero attached hydrogens (tertiary/aromatic N) is 2. The van der Waals surface area contributed by atoms with Crippen LogP contribution in [-0.2, 0) is 4.74 Å². The third-order valence-electron chi connectivity index (χ3n) is 3.52. The number of carbonyl (C=O) groups is 2. The molecule has 0 aromatic carbocycles. The van der Waals surface area contributed by atoms with Crippen LogP contribution < -0.4 is 5.32 Å². The van der Waals surface area contributed by atoms with E-state index in [1.807, 2.05) is 20.8 Å². The van der Waals surface area contributed by atoms with Gasteiger partial charge in [0.1, 0.15) is 11.3 Å². The third-order valence-corrected chi connectivity index (χ3v) is 3.52. The van der Waals surface area contributed by atoms with Gasteiger partial charge in [-0.25, -0.2) is 9.78 Å². The van der Waals surface area contributed by atoms with Gasteiger partial charge in [-0.05, 0) is 44.9 Å². The van der Waals surface area contributed by atoms with Crippen molar-refractivity contribution in [2.75, 3.05) is 20.1 Å². The lowest BCUT2D eigenvalue weighted by molar-refractivity contribution is 0.0270. The highest BCUT2D eigenvalue weighted by Gasteiger charge is 2.24. The van der Waals surface area contributed by atoms with E-state index in [0.717, 1.165) is 5.57 Å². The Morgan fingerprint density at radius 3 is 2.54 bits per heavy atom. The fraction of sp³-hybridized carbons (Fsp3) is 0.471. The summed E-state index contributed by atoms with van der Waals surface area (Å²) in [6.07, 6.45) is 1.90. The van der Waals surface area contributed by atoms with Gasteiger partial charge in [0.2, 0.25) is 5.95 Å². The van der Waals surface area contributed by atoms with Crippen LogP contribution in [-0.4, -0.2) is 47.6 Å². The van der Waals surface area contributed by atoms with Crippen LogP contribution in [0.1, 0.15) is 43.2 Å². The Labute approximate surface area is 140 Å². The largest absolute Gasteiger partial charge is 0.444 e. The molecule has 7 heteroatoms. The van der Waals surface area contributed by atoms with Crippen molar-refractivity contribution >= 4 is 17.6 Å². The molecule has 0 fully saturated rings. The van der Waals surface area contributed by atoms with Gasteiger partial charge in [-0.15, -0.1) is 0 Å². The lowest BCUT2D eigenvalue weighted by Crippen LogP contribution is -2.39. The molecule has 130 valence electrons. The number of nitrogens with one attached hydrogen (secondary N) is 1. The number of amides is 2. The normalized spacial score (nSPS) is 14.9. The molecular formula is C17H22FN3O3. The van der Waals surface area contributed by atoms with Crippen molar-refractivity contribution < 1.29 is 18.7 Å². The molecular weight excluding hydrogens is 313 g/mol. The molecule has 0 spiro atoms. The van der Waals surface area contributed by atoms with E-state index in [1.54, 1.807) is 17.0 Å². The molecule has 0 bridgehead atoms. The van der Waals surface area contributed by atoms with Crippen molar-refractivity contribution in [1.29, 1.82) is 0 Å². The molecule has 6 nitrogen and oxygen atoms in total. The highest BCUT2D eigenvalue weighted by atomic mass is 19.1. The Morgan fingerprint density at radius 2 is 2.04 bits per heavy atom. The first-order valence-electron chi connectivity index (χ1n) is 7.77. The Hall–Kier alpha value is -2.44. The summed E-state index contributed by atoms with van der Waals surface area (Å²) in [5.74, 6) is -1.12. The topological polar surface area (TPSA) is 71.5 Å². The van der Waals surface area contributed by atoms with Gasteiger partial charge in [-0.3, -0.25) is 4.79 Å². The average molecular weight is 335 g/mol. The van der Waals surface area contributed by atoms with Gasteiger partial charge in [-0.1, -0.05) is 6.08 Å². The maximum Gasteiger partial charge on any atom is 0.410 e. The second kappa shape index (κ2) is 6.98. The second-order valence-electron chi connectivity index (χ2n) is 6.52. The van der Waals surface area contributed by atoms with E-state index in [9.17, 15) is 14.0 Å². The fourth-order valence-corrected chi connectivity index (χ4v) is 2.33. The summed E-state index contributed by atoms with van der Waals surface area (Å²) in [6.45, 7) is 6.22. The number of aromatic nitrogens is 1. The Balaban J connectivity index is 2.10. The van der Waals surface area contributed by atoms with Crippen molar-refractivity contribution in [3.63, 3.8) is 0 Å². The van der Waals surface area contributed by atoms with Crippen molar-refractivity contribution in [1.82, 2.24) is 15.2 Å². The fourth-order valence-electron chi connectivity index (χ4n) is 2.33. The minimum atomic E-state index is -0.687. The van der Waals surface area contributed by atoms with Crippen LogP contribution in [0.5, 0.6) is 0 Å². The summed E-state index contributed by atoms with van der Waals surface area (Å²) >= 11 is 0. The molecule has 1 aliphatic heterocycles. The summed E-state index contributed by atoms with van der Waals surface area (Å²) in [7, 11) is 1.46. The molecule has 0 saturated heterocycles. The molecule has 1 N–H and O–H groups in total. The van der Waals surface area contributed by atoms with Gasteiger partial charge in [0, 0.05) is 25.7 Å². The van der Waals surface area contributed by atoms with Gasteiger partial charge in [0.15, 0.2) is 0 Å². The minimum absolute atomic E-state index is 0.0329. The molecule has 24 heavy (non-hydrogen) atoms. The van der Waals surface area contributed by atoms with E-state index >= 15 is 0 Å². The summed E-state index contributed by atoms with van der Waals surface area (Å²) in [5.41, 5.74) is 0.604. The monoisotopic (exact) mass is 335 g/mol. The predicted octanol–water partition coefficient (Wildman–Crippen LogP) is 2.60. The molecule has 1 aliphatic rings. The molecule has 2 amide bonds. The zero-order chi connectivity index (χ0) is 17.9. The first-order chi connectivity index (χ1) is 11.2. The number of carbonyl (C=O) groups excluding carboxylic acids is 2. The zero-order valence-electron chi connectivity index (χ0n) is 14.4. The maximum atomic E-state index is 14.2. The van der Waals surface area contributed by atoms with E-state index in [2.05, 4.69) is 10.3 Å². The van der Waals surface area contributed by atoms with Gasteiger partial charge in [-0.2, -0.15) is 4.39 Å². The lowest BCUT2D eigenvalue weighted by atomic mass is 10.0. The van der Waals surface area contributed by atoms with E-state index in [1.165, 1.54) is 13.1 Å². The van der Waals surface area contributed by atoms with Crippen LogP contribution in [0.2, 0.25) is 0 Å². The highest BCUT2D eigenvalue weighted by molar-refractivity contribution is 5.92. The average Bonchev–Trinajstić information content (AvgIpc) is 2.52. The van der Waals surface area contributed by atoms with Crippen molar-refractivity contribution in [2.45, 2.75) is 32.8 Å². The highest BCUT2D eigenvalue weighted by Crippen LogP contribution is 2.25. The first kappa shape index (κ1) is 17.9. The van der Waals surface area contributed by atoms with Crippen LogP contribution in [0.25, 0.3) is 5.57 Å². The molecule has 1 aromatic rings. The number of hydrogen-bond donors (Lipinski definition) is 1. The Morgan fingerprint density at radius 1 is 1.33 bits per heavy atom. The summed E-state index contributed by atoms with van der Waals surface area (Å²) < 4.78 is 19.5. The van der Waals surface area contributed by atoms with Gasteiger partial charge >= 0.3 is 6.09 Å². The van der Waals surface area contributed by atoms with Gasteiger partial charge < -0.3 is 15.0 Å². The quantitative estimate of drug-likeness (QED) is 0.843. The molecule has 0 radical (unpaired) electrons. The Bertz CT molecular complexity index is 680. The van der Waals surface area contributed by atoms with Crippen molar-refractivity contribution in [3.05, 3.63) is 35.4 Å². The molecule has 2 heterocycles. The Kier molecular flexibility index (Phi) is 5.21. The van der Waals surface area contributed by atoms with Crippen molar-refractivity contribution in [3.8, 4) is 0 Å². The van der Waals surface area contributed by atoms with Crippen LogP contribution in [0, 0.1) is 5.95 Å². The number of hydrogen-bond acceptors (Lipinski definition) is 4. The summed E-state index contributed by atoms with van der Waals surface area (Å²) in [6, 6.07) is 3.03. The number of rotatable bonds is 2. The molecule has 0 saturated carbocycles. The lowest BCUT2D eigenvalue weighted by Gasteiger charge is -2.29. The van der Waals surface area contributed by atoms with Crippen LogP contribution >= 0.6 is 0 Å². The first-order valence-corrected chi connectivity index (χ1v) is 7.77. The molecule has 2 rings (SSSR count). The summed E-state index contributed by atoms with van der Waals surface area (Å²) in [5, 5.41) is 2.40. The molecule has 0 atom stereocenters. The van der Waals surface area contributed by atoms with Crippen molar-refractivity contribution in [2.24, 2.45) is 0 Å². The number of halogens is 1. The maximum absolute atomic E-state index is 14.2. The van der Waals surface area contributed by atoms with Crippen LogP contribution in [0.15, 0.2) is 18.2 Å². The third kappa shape index (κ3) is 4.31. The van der Waals surface area contributed by atoms with Crippen LogP contribution in [0.3, 0.4) is 0 Å². The molecule has 0 unspecified atom stereocenters. The zero-order valence-corrected chi connectivity index (χ0v) is 14.4. The standard InChI is InChI=1S/C17H22FN3O3/c1-17(2,3)24-16(23)21-9-7-11(8-10-21)12-5-6-13(15(22)19-4)20-14(12)18/h5-7H,8-10H2,1-4H3,(H,19,22). The van der Waals surface area contributed by atoms with Crippen LogP contribution in [0.4, 0.5) is 9.18 Å². The minimum Gasteiger partial charge on any atom is -0.444 e. The summed E-state index contributed by atoms with van der Waals surface area (Å²) in [4.78, 5) is 28.8. The van der Waals surface area contributed by atoms with Gasteiger partial charge in [0.25, 0.3) is 5.91 Å². The molecule has 0 aliphatic carbocycles. The predicted molar refractivity (Wildman–Crippen MR) is 88.0 cm³/mol. The molecule has 1 aromatic heterocycles. The second-order valence-corrected chi connectivity index (χ2v) is 6.52. The van der Waals surface area contributed by atoms with E-state index in [0.29, 0.717) is 25.1 Å².